The Morgan fingerprint density at radius 2 is 1.81 bits per heavy atom. The monoisotopic (exact) mass is 358 g/mol. The Morgan fingerprint density at radius 1 is 1.12 bits per heavy atom. The SMILES string of the molecule is COc1ccc(OCC(=O)N(CC(=O)Nc2ccnnc2)C(C)C)cc1. The summed E-state index contributed by atoms with van der Waals surface area (Å²) in [5, 5.41) is 10.0. The van der Waals surface area contributed by atoms with Crippen molar-refractivity contribution in [3.05, 3.63) is 42.7 Å². The largest absolute Gasteiger partial charge is 0.497 e. The molecule has 138 valence electrons. The summed E-state index contributed by atoms with van der Waals surface area (Å²) in [6, 6.07) is 8.40. The Kier molecular flexibility index (Phi) is 6.90. The highest BCUT2D eigenvalue weighted by Crippen LogP contribution is 2.17. The fourth-order valence-corrected chi connectivity index (χ4v) is 2.18. The maximum absolute atomic E-state index is 12.4. The normalized spacial score (nSPS) is 10.3. The van der Waals surface area contributed by atoms with Crippen LogP contribution < -0.4 is 14.8 Å². The van der Waals surface area contributed by atoms with Crippen LogP contribution in [-0.2, 0) is 9.59 Å². The second kappa shape index (κ2) is 9.36. The van der Waals surface area contributed by atoms with Crippen LogP contribution >= 0.6 is 0 Å². The molecule has 1 aromatic carbocycles. The van der Waals surface area contributed by atoms with Crippen molar-refractivity contribution in [3.63, 3.8) is 0 Å². The van der Waals surface area contributed by atoms with Gasteiger partial charge in [-0.25, -0.2) is 0 Å². The van der Waals surface area contributed by atoms with E-state index in [0.29, 0.717) is 17.2 Å². The first-order valence-electron chi connectivity index (χ1n) is 8.12. The number of aromatic nitrogens is 2. The highest BCUT2D eigenvalue weighted by atomic mass is 16.5. The molecule has 0 saturated heterocycles. The zero-order valence-electron chi connectivity index (χ0n) is 15.0. The average molecular weight is 358 g/mol. The molecule has 0 saturated carbocycles. The third-order valence-electron chi connectivity index (χ3n) is 3.55. The molecule has 0 spiro atoms. The van der Waals surface area contributed by atoms with Gasteiger partial charge in [0.1, 0.15) is 18.0 Å². The van der Waals surface area contributed by atoms with Crippen molar-refractivity contribution < 1.29 is 19.1 Å². The van der Waals surface area contributed by atoms with Crippen LogP contribution in [0.1, 0.15) is 13.8 Å². The molecule has 26 heavy (non-hydrogen) atoms. The summed E-state index contributed by atoms with van der Waals surface area (Å²) in [6.45, 7) is 3.44. The lowest BCUT2D eigenvalue weighted by Gasteiger charge is -2.26. The van der Waals surface area contributed by atoms with Gasteiger partial charge in [0.2, 0.25) is 5.91 Å². The number of ether oxygens (including phenoxy) is 2. The van der Waals surface area contributed by atoms with Crippen molar-refractivity contribution in [2.75, 3.05) is 25.6 Å². The maximum Gasteiger partial charge on any atom is 0.261 e. The minimum atomic E-state index is -0.315. The summed E-state index contributed by atoms with van der Waals surface area (Å²) >= 11 is 0. The Morgan fingerprint density at radius 3 is 2.38 bits per heavy atom. The first-order chi connectivity index (χ1) is 12.5. The van der Waals surface area contributed by atoms with Gasteiger partial charge >= 0.3 is 0 Å². The molecule has 1 heterocycles. The van der Waals surface area contributed by atoms with Gasteiger partial charge in [-0.1, -0.05) is 0 Å². The number of hydrogen-bond donors (Lipinski definition) is 1. The van der Waals surface area contributed by atoms with E-state index in [0.717, 1.165) is 0 Å². The smallest absolute Gasteiger partial charge is 0.261 e. The topological polar surface area (TPSA) is 93.7 Å². The van der Waals surface area contributed by atoms with Crippen LogP contribution in [0.5, 0.6) is 11.5 Å². The molecule has 1 N–H and O–H groups in total. The summed E-state index contributed by atoms with van der Waals surface area (Å²) in [6.07, 6.45) is 2.91. The molecule has 2 amide bonds. The van der Waals surface area contributed by atoms with Crippen LogP contribution in [0.3, 0.4) is 0 Å². The lowest BCUT2D eigenvalue weighted by molar-refractivity contribution is -0.138. The number of rotatable bonds is 8. The number of amides is 2. The Hall–Kier alpha value is -3.16. The molecule has 0 fully saturated rings. The van der Waals surface area contributed by atoms with Gasteiger partial charge in [-0.3, -0.25) is 9.59 Å². The number of hydrogen-bond acceptors (Lipinski definition) is 6. The average Bonchev–Trinajstić information content (AvgIpc) is 2.65. The summed E-state index contributed by atoms with van der Waals surface area (Å²) in [5.74, 6) is 0.660. The predicted molar refractivity (Wildman–Crippen MR) is 96.0 cm³/mol. The number of methoxy groups -OCH3 is 1. The number of carbonyl (C=O) groups is 2. The molecule has 8 heteroatoms. The number of anilines is 1. The van der Waals surface area contributed by atoms with Gasteiger partial charge in [0.25, 0.3) is 5.91 Å². The quantitative estimate of drug-likeness (QED) is 0.772. The fourth-order valence-electron chi connectivity index (χ4n) is 2.18. The third kappa shape index (κ3) is 5.73. The molecule has 0 radical (unpaired) electrons. The van der Waals surface area contributed by atoms with E-state index in [1.165, 1.54) is 17.3 Å². The van der Waals surface area contributed by atoms with Gasteiger partial charge in [-0.2, -0.15) is 10.2 Å². The first kappa shape index (κ1) is 19.2. The van der Waals surface area contributed by atoms with Crippen LogP contribution in [0.2, 0.25) is 0 Å². The van der Waals surface area contributed by atoms with E-state index in [-0.39, 0.29) is 31.0 Å². The number of carbonyl (C=O) groups excluding carboxylic acids is 2. The molecule has 0 aliphatic rings. The molecular formula is C18H22N4O4. The highest BCUT2D eigenvalue weighted by Gasteiger charge is 2.20. The molecule has 2 rings (SSSR count). The Balaban J connectivity index is 1.90. The molecule has 0 bridgehead atoms. The minimum Gasteiger partial charge on any atom is -0.497 e. The van der Waals surface area contributed by atoms with E-state index in [1.807, 2.05) is 13.8 Å². The van der Waals surface area contributed by atoms with Crippen molar-refractivity contribution in [1.29, 1.82) is 0 Å². The molecule has 1 aromatic heterocycles. The zero-order chi connectivity index (χ0) is 18.9. The van der Waals surface area contributed by atoms with E-state index >= 15 is 0 Å². The minimum absolute atomic E-state index is 0.0786. The van der Waals surface area contributed by atoms with Crippen LogP contribution in [0.4, 0.5) is 5.69 Å². The molecule has 0 atom stereocenters. The number of benzene rings is 1. The van der Waals surface area contributed by atoms with Crippen LogP contribution in [0.25, 0.3) is 0 Å². The molecule has 2 aromatic rings. The zero-order valence-corrected chi connectivity index (χ0v) is 15.0. The summed E-state index contributed by atoms with van der Waals surface area (Å²) in [5.41, 5.74) is 0.524. The molecular weight excluding hydrogens is 336 g/mol. The second-order valence-electron chi connectivity index (χ2n) is 5.76. The maximum atomic E-state index is 12.4. The third-order valence-corrected chi connectivity index (χ3v) is 3.55. The predicted octanol–water partition coefficient (Wildman–Crippen LogP) is 1.74. The summed E-state index contributed by atoms with van der Waals surface area (Å²) < 4.78 is 10.6. The van der Waals surface area contributed by atoms with Gasteiger partial charge in [-0.15, -0.1) is 0 Å². The van der Waals surface area contributed by atoms with Crippen LogP contribution in [0, 0.1) is 0 Å². The van der Waals surface area contributed by atoms with Gasteiger partial charge in [-0.05, 0) is 44.2 Å². The Bertz CT molecular complexity index is 720. The Labute approximate surface area is 152 Å². The van der Waals surface area contributed by atoms with Gasteiger partial charge < -0.3 is 19.7 Å². The van der Waals surface area contributed by atoms with E-state index in [2.05, 4.69) is 15.5 Å². The highest BCUT2D eigenvalue weighted by molar-refractivity contribution is 5.94. The van der Waals surface area contributed by atoms with E-state index in [4.69, 9.17) is 9.47 Å². The van der Waals surface area contributed by atoms with Crippen LogP contribution in [0.15, 0.2) is 42.7 Å². The second-order valence-corrected chi connectivity index (χ2v) is 5.76. The molecule has 8 nitrogen and oxygen atoms in total. The molecule has 0 aliphatic heterocycles. The van der Waals surface area contributed by atoms with Gasteiger partial charge in [0, 0.05) is 6.04 Å². The van der Waals surface area contributed by atoms with Crippen molar-refractivity contribution in [2.24, 2.45) is 0 Å². The fraction of sp³-hybridized carbons (Fsp3) is 0.333. The van der Waals surface area contributed by atoms with Crippen molar-refractivity contribution in [2.45, 2.75) is 19.9 Å². The molecule has 0 aliphatic carbocycles. The van der Waals surface area contributed by atoms with Gasteiger partial charge in [0.05, 0.1) is 25.2 Å². The van der Waals surface area contributed by atoms with E-state index in [9.17, 15) is 9.59 Å². The van der Waals surface area contributed by atoms with Gasteiger partial charge in [0.15, 0.2) is 6.61 Å². The number of nitrogens with zero attached hydrogens (tertiary/aromatic N) is 3. The van der Waals surface area contributed by atoms with Crippen molar-refractivity contribution >= 4 is 17.5 Å². The lowest BCUT2D eigenvalue weighted by Crippen LogP contribution is -2.44. The lowest BCUT2D eigenvalue weighted by atomic mass is 10.3. The number of nitrogens with one attached hydrogen (secondary N) is 1. The van der Waals surface area contributed by atoms with E-state index < -0.39 is 0 Å². The van der Waals surface area contributed by atoms with Crippen molar-refractivity contribution in [1.82, 2.24) is 15.1 Å². The molecule has 0 unspecified atom stereocenters. The summed E-state index contributed by atoms with van der Waals surface area (Å²) in [4.78, 5) is 26.1. The summed E-state index contributed by atoms with van der Waals surface area (Å²) in [7, 11) is 1.58. The first-order valence-corrected chi connectivity index (χ1v) is 8.12. The van der Waals surface area contributed by atoms with Crippen molar-refractivity contribution in [3.8, 4) is 11.5 Å². The van der Waals surface area contributed by atoms with Crippen LogP contribution in [-0.4, -0.2) is 53.2 Å². The standard InChI is InChI=1S/C18H22N4O4/c1-13(2)22(11-17(23)21-14-8-9-19-20-10-14)18(24)12-26-16-6-4-15(25-3)5-7-16/h4-10,13H,11-12H2,1-3H3,(H,19,21,23). The van der Waals surface area contributed by atoms with E-state index in [1.54, 1.807) is 37.4 Å².